The third-order valence-corrected chi connectivity index (χ3v) is 7.47. The second-order valence-electron chi connectivity index (χ2n) is 8.52. The van der Waals surface area contributed by atoms with Gasteiger partial charge in [0.2, 0.25) is 5.91 Å². The van der Waals surface area contributed by atoms with Crippen molar-refractivity contribution in [2.75, 3.05) is 38.2 Å². The van der Waals surface area contributed by atoms with Gasteiger partial charge in [-0.25, -0.2) is 0 Å². The molecule has 2 N–H and O–H groups in total. The second kappa shape index (κ2) is 12.7. The van der Waals surface area contributed by atoms with Crippen molar-refractivity contribution in [1.82, 2.24) is 15.5 Å². The van der Waals surface area contributed by atoms with Crippen LogP contribution in [0.4, 0.5) is 0 Å². The number of benzene rings is 2. The van der Waals surface area contributed by atoms with Gasteiger partial charge in [-0.05, 0) is 48.4 Å². The van der Waals surface area contributed by atoms with Gasteiger partial charge in [0.15, 0.2) is 5.96 Å². The molecule has 0 bridgehead atoms. The Labute approximate surface area is 213 Å². The highest BCUT2D eigenvalue weighted by atomic mass is 127. The van der Waals surface area contributed by atoms with Crippen LogP contribution in [0.5, 0.6) is 0 Å². The molecule has 1 aliphatic carbocycles. The first-order valence-electron chi connectivity index (χ1n) is 11.5. The molecule has 2 aromatic rings. The number of halogens is 1. The van der Waals surface area contributed by atoms with E-state index in [0.717, 1.165) is 69.2 Å². The first-order valence-corrected chi connectivity index (χ1v) is 12.7. The van der Waals surface area contributed by atoms with E-state index in [1.54, 1.807) is 0 Å². The predicted molar refractivity (Wildman–Crippen MR) is 147 cm³/mol. The fourth-order valence-corrected chi connectivity index (χ4v) is 5.64. The normalized spacial score (nSPS) is 21.7. The lowest BCUT2D eigenvalue weighted by Crippen LogP contribution is -2.47. The standard InChI is InChI=1S/C25H34N4OS.HI/c1-26-25(27-14-13-20-7-4-6-19-5-2-3-8-23(19)20)28-22-11-9-21(10-12-22)24(30)29-15-17-31-18-16-29;/h2-8,21-22H,9-18H2,1H3,(H2,26,27,28);1H. The number of guanidine groups is 1. The van der Waals surface area contributed by atoms with E-state index in [0.29, 0.717) is 11.9 Å². The number of nitrogens with zero attached hydrogens (tertiary/aromatic N) is 2. The van der Waals surface area contributed by atoms with E-state index in [4.69, 9.17) is 0 Å². The number of carbonyl (C=O) groups is 1. The average Bonchev–Trinajstić information content (AvgIpc) is 2.84. The third-order valence-electron chi connectivity index (χ3n) is 6.53. The molecule has 1 aliphatic heterocycles. The average molecular weight is 567 g/mol. The van der Waals surface area contributed by atoms with Gasteiger partial charge in [-0.2, -0.15) is 11.8 Å². The highest BCUT2D eigenvalue weighted by molar-refractivity contribution is 14.0. The monoisotopic (exact) mass is 566 g/mol. The van der Waals surface area contributed by atoms with Crippen LogP contribution in [0, 0.1) is 5.92 Å². The number of aliphatic imine (C=N–C) groups is 1. The van der Waals surface area contributed by atoms with Crippen molar-refractivity contribution in [1.29, 1.82) is 0 Å². The van der Waals surface area contributed by atoms with Crippen molar-refractivity contribution in [3.05, 3.63) is 48.0 Å². The molecule has 2 aliphatic rings. The molecule has 1 heterocycles. The molecule has 0 radical (unpaired) electrons. The van der Waals surface area contributed by atoms with Crippen molar-refractivity contribution in [2.45, 2.75) is 38.1 Å². The molecular formula is C25H35IN4OS. The molecule has 4 rings (SSSR count). The lowest BCUT2D eigenvalue weighted by Gasteiger charge is -2.34. The van der Waals surface area contributed by atoms with Gasteiger partial charge in [0.25, 0.3) is 0 Å². The van der Waals surface area contributed by atoms with Gasteiger partial charge in [-0.15, -0.1) is 24.0 Å². The maximum absolute atomic E-state index is 12.8. The topological polar surface area (TPSA) is 56.7 Å². The summed E-state index contributed by atoms with van der Waals surface area (Å²) < 4.78 is 0. The summed E-state index contributed by atoms with van der Waals surface area (Å²) in [5, 5.41) is 9.67. The van der Waals surface area contributed by atoms with Crippen LogP contribution < -0.4 is 10.6 Å². The molecule has 174 valence electrons. The molecule has 2 fully saturated rings. The molecule has 1 saturated heterocycles. The number of hydrogen-bond acceptors (Lipinski definition) is 3. The maximum atomic E-state index is 12.8. The summed E-state index contributed by atoms with van der Waals surface area (Å²) >= 11 is 1.95. The van der Waals surface area contributed by atoms with Crippen LogP contribution in [0.1, 0.15) is 31.2 Å². The molecule has 0 atom stereocenters. The number of thioether (sulfide) groups is 1. The van der Waals surface area contributed by atoms with Crippen LogP contribution in [0.3, 0.4) is 0 Å². The molecule has 2 aromatic carbocycles. The number of rotatable bonds is 5. The Morgan fingerprint density at radius 2 is 1.78 bits per heavy atom. The number of nitrogens with one attached hydrogen (secondary N) is 2. The van der Waals surface area contributed by atoms with Gasteiger partial charge < -0.3 is 15.5 Å². The van der Waals surface area contributed by atoms with E-state index in [2.05, 4.69) is 63.0 Å². The van der Waals surface area contributed by atoms with Crippen molar-refractivity contribution < 1.29 is 4.79 Å². The highest BCUT2D eigenvalue weighted by Gasteiger charge is 2.30. The summed E-state index contributed by atoms with van der Waals surface area (Å²) in [5.74, 6) is 3.63. The fraction of sp³-hybridized carbons (Fsp3) is 0.520. The molecule has 0 unspecified atom stereocenters. The Bertz CT molecular complexity index is 902. The SMILES string of the molecule is CN=C(NCCc1cccc2ccccc12)NC1CCC(C(=O)N2CCSCC2)CC1.I. The highest BCUT2D eigenvalue weighted by Crippen LogP contribution is 2.27. The lowest BCUT2D eigenvalue weighted by molar-refractivity contribution is -0.136. The predicted octanol–water partition coefficient (Wildman–Crippen LogP) is 4.30. The van der Waals surface area contributed by atoms with Gasteiger partial charge in [0.05, 0.1) is 0 Å². The van der Waals surface area contributed by atoms with Crippen LogP contribution in [0.25, 0.3) is 10.8 Å². The summed E-state index contributed by atoms with van der Waals surface area (Å²) in [5.41, 5.74) is 1.36. The molecule has 1 saturated carbocycles. The summed E-state index contributed by atoms with van der Waals surface area (Å²) in [7, 11) is 1.83. The van der Waals surface area contributed by atoms with Crippen LogP contribution in [-0.4, -0.2) is 61.0 Å². The fourth-order valence-electron chi connectivity index (χ4n) is 4.74. The van der Waals surface area contributed by atoms with Crippen LogP contribution in [-0.2, 0) is 11.2 Å². The lowest BCUT2D eigenvalue weighted by atomic mass is 9.85. The van der Waals surface area contributed by atoms with Crippen molar-refractivity contribution in [3.8, 4) is 0 Å². The van der Waals surface area contributed by atoms with E-state index >= 15 is 0 Å². The van der Waals surface area contributed by atoms with Crippen LogP contribution >= 0.6 is 35.7 Å². The zero-order valence-electron chi connectivity index (χ0n) is 18.9. The van der Waals surface area contributed by atoms with Crippen molar-refractivity contribution in [3.63, 3.8) is 0 Å². The maximum Gasteiger partial charge on any atom is 0.225 e. The van der Waals surface area contributed by atoms with E-state index in [9.17, 15) is 4.79 Å². The van der Waals surface area contributed by atoms with Crippen molar-refractivity contribution >= 4 is 58.4 Å². The van der Waals surface area contributed by atoms with Gasteiger partial charge >= 0.3 is 0 Å². The van der Waals surface area contributed by atoms with E-state index in [1.165, 1.54) is 16.3 Å². The Kier molecular flexibility index (Phi) is 9.96. The minimum atomic E-state index is 0. The van der Waals surface area contributed by atoms with Gasteiger partial charge in [0, 0.05) is 50.1 Å². The minimum absolute atomic E-state index is 0. The number of amides is 1. The smallest absolute Gasteiger partial charge is 0.225 e. The second-order valence-corrected chi connectivity index (χ2v) is 9.74. The van der Waals surface area contributed by atoms with Crippen LogP contribution in [0.15, 0.2) is 47.5 Å². The molecule has 1 amide bonds. The Morgan fingerprint density at radius 1 is 1.06 bits per heavy atom. The van der Waals surface area contributed by atoms with Gasteiger partial charge in [-0.3, -0.25) is 9.79 Å². The Morgan fingerprint density at radius 3 is 2.53 bits per heavy atom. The molecule has 32 heavy (non-hydrogen) atoms. The first-order chi connectivity index (χ1) is 15.2. The molecule has 5 nitrogen and oxygen atoms in total. The number of hydrogen-bond donors (Lipinski definition) is 2. The van der Waals surface area contributed by atoms with Gasteiger partial charge in [-0.1, -0.05) is 42.5 Å². The summed E-state index contributed by atoms with van der Waals surface area (Å²) in [4.78, 5) is 19.3. The zero-order valence-corrected chi connectivity index (χ0v) is 22.0. The molecular weight excluding hydrogens is 531 g/mol. The van der Waals surface area contributed by atoms with E-state index < -0.39 is 0 Å². The summed E-state index contributed by atoms with van der Waals surface area (Å²) in [6.07, 6.45) is 4.98. The van der Waals surface area contributed by atoms with E-state index in [1.807, 2.05) is 18.8 Å². The third kappa shape index (κ3) is 6.53. The number of carbonyl (C=O) groups excluding carboxylic acids is 1. The molecule has 7 heteroatoms. The van der Waals surface area contributed by atoms with Crippen LogP contribution in [0.2, 0.25) is 0 Å². The van der Waals surface area contributed by atoms with E-state index in [-0.39, 0.29) is 29.9 Å². The van der Waals surface area contributed by atoms with Crippen molar-refractivity contribution in [2.24, 2.45) is 10.9 Å². The van der Waals surface area contributed by atoms with Gasteiger partial charge in [0.1, 0.15) is 0 Å². The zero-order chi connectivity index (χ0) is 21.5. The number of fused-ring (bicyclic) bond motifs is 1. The largest absolute Gasteiger partial charge is 0.356 e. The summed E-state index contributed by atoms with van der Waals surface area (Å²) in [6.45, 7) is 2.69. The Balaban J connectivity index is 0.00000289. The Hall–Kier alpha value is -1.48. The quantitative estimate of drug-likeness (QED) is 0.322. The molecule has 0 aromatic heterocycles. The molecule has 0 spiro atoms. The first kappa shape index (κ1) is 25.1. The summed E-state index contributed by atoms with van der Waals surface area (Å²) in [6, 6.07) is 15.4. The minimum Gasteiger partial charge on any atom is -0.356 e.